The van der Waals surface area contributed by atoms with Gasteiger partial charge in [0, 0.05) is 11.6 Å². The summed E-state index contributed by atoms with van der Waals surface area (Å²) in [7, 11) is -3.61. The molecule has 6 heteroatoms. The summed E-state index contributed by atoms with van der Waals surface area (Å²) < 4.78 is 29.6. The minimum Gasteiger partial charge on any atom is -0.494 e. The Bertz CT molecular complexity index is 677. The standard InChI is InChI=1S/C15H18N2O3S/c1-2-20-12-6-8-13(9-7-12)21(18,19)17-16-15-10-11-4-3-5-14(11)15/h3-4,6-9,11,14,17H,2,5,10H2,1H3/b16-15-/t11-,14-/m0/s1. The fraction of sp³-hybridized carbons (Fsp3) is 0.400. The average Bonchev–Trinajstić information content (AvgIpc) is 2.81. The summed E-state index contributed by atoms with van der Waals surface area (Å²) >= 11 is 0. The van der Waals surface area contributed by atoms with Gasteiger partial charge in [-0.2, -0.15) is 13.5 Å². The Morgan fingerprint density at radius 3 is 2.76 bits per heavy atom. The summed E-state index contributed by atoms with van der Waals surface area (Å²) in [6, 6.07) is 6.33. The Labute approximate surface area is 124 Å². The Kier molecular flexibility index (Phi) is 3.71. The molecule has 5 nitrogen and oxygen atoms in total. The molecule has 2 atom stereocenters. The number of rotatable bonds is 5. The van der Waals surface area contributed by atoms with Gasteiger partial charge in [0.15, 0.2) is 0 Å². The zero-order chi connectivity index (χ0) is 14.9. The topological polar surface area (TPSA) is 67.8 Å². The van der Waals surface area contributed by atoms with Crippen LogP contribution in [0.5, 0.6) is 5.75 Å². The molecule has 2 aliphatic carbocycles. The normalized spacial score (nSPS) is 25.5. The maximum atomic E-state index is 12.2. The second kappa shape index (κ2) is 5.52. The maximum Gasteiger partial charge on any atom is 0.276 e. The molecule has 0 saturated heterocycles. The SMILES string of the molecule is CCOc1ccc(S(=O)(=O)N/N=C2/C[C@@H]3C=CC[C@H]23)cc1. The molecule has 0 amide bonds. The molecule has 0 radical (unpaired) electrons. The molecule has 1 fully saturated rings. The number of benzene rings is 1. The van der Waals surface area contributed by atoms with Gasteiger partial charge in [-0.25, -0.2) is 4.83 Å². The molecule has 1 aromatic rings. The Morgan fingerprint density at radius 2 is 2.10 bits per heavy atom. The second-order valence-corrected chi connectivity index (χ2v) is 6.90. The molecule has 1 saturated carbocycles. The van der Waals surface area contributed by atoms with Crippen LogP contribution in [0, 0.1) is 11.8 Å². The number of sulfonamides is 1. The van der Waals surface area contributed by atoms with Gasteiger partial charge in [0.25, 0.3) is 10.0 Å². The van der Waals surface area contributed by atoms with Crippen molar-refractivity contribution in [1.29, 1.82) is 0 Å². The Balaban J connectivity index is 1.68. The summed E-state index contributed by atoms with van der Waals surface area (Å²) in [5.41, 5.74) is 0.944. The van der Waals surface area contributed by atoms with E-state index in [-0.39, 0.29) is 4.90 Å². The van der Waals surface area contributed by atoms with Gasteiger partial charge in [0.2, 0.25) is 0 Å². The average molecular weight is 306 g/mol. The summed E-state index contributed by atoms with van der Waals surface area (Å²) in [6.45, 7) is 2.43. The van der Waals surface area contributed by atoms with Crippen molar-refractivity contribution in [1.82, 2.24) is 4.83 Å². The predicted octanol–water partition coefficient (Wildman–Crippen LogP) is 2.32. The predicted molar refractivity (Wildman–Crippen MR) is 80.7 cm³/mol. The molecule has 21 heavy (non-hydrogen) atoms. The zero-order valence-corrected chi connectivity index (χ0v) is 12.6. The second-order valence-electron chi connectivity index (χ2n) is 5.24. The van der Waals surface area contributed by atoms with E-state index >= 15 is 0 Å². The van der Waals surface area contributed by atoms with Crippen molar-refractivity contribution in [2.24, 2.45) is 16.9 Å². The molecular formula is C15H18N2O3S. The third-order valence-electron chi connectivity index (χ3n) is 3.92. The molecule has 3 rings (SSSR count). The van der Waals surface area contributed by atoms with Gasteiger partial charge in [0.1, 0.15) is 5.75 Å². The summed E-state index contributed by atoms with van der Waals surface area (Å²) in [6.07, 6.45) is 6.14. The molecule has 0 aromatic heterocycles. The van der Waals surface area contributed by atoms with Crippen LogP contribution in [-0.2, 0) is 10.0 Å². The van der Waals surface area contributed by atoms with Crippen molar-refractivity contribution in [3.63, 3.8) is 0 Å². The lowest BCUT2D eigenvalue weighted by Gasteiger charge is -2.31. The molecule has 2 aliphatic rings. The Morgan fingerprint density at radius 1 is 1.33 bits per heavy atom. The molecule has 112 valence electrons. The van der Waals surface area contributed by atoms with E-state index in [1.807, 2.05) is 6.92 Å². The minimum absolute atomic E-state index is 0.190. The highest BCUT2D eigenvalue weighted by atomic mass is 32.2. The number of hydrazone groups is 1. The van der Waals surface area contributed by atoms with Crippen LogP contribution in [0.4, 0.5) is 0 Å². The van der Waals surface area contributed by atoms with Crippen molar-refractivity contribution in [2.75, 3.05) is 6.61 Å². The van der Waals surface area contributed by atoms with E-state index in [1.54, 1.807) is 12.1 Å². The zero-order valence-electron chi connectivity index (χ0n) is 11.8. The van der Waals surface area contributed by atoms with E-state index in [4.69, 9.17) is 4.74 Å². The van der Waals surface area contributed by atoms with Gasteiger partial charge >= 0.3 is 0 Å². The first-order valence-electron chi connectivity index (χ1n) is 7.08. The number of fused-ring (bicyclic) bond motifs is 1. The molecule has 0 unspecified atom stereocenters. The van der Waals surface area contributed by atoms with Crippen LogP contribution in [0.25, 0.3) is 0 Å². The lowest BCUT2D eigenvalue weighted by Crippen LogP contribution is -2.35. The van der Waals surface area contributed by atoms with Crippen molar-refractivity contribution in [3.8, 4) is 5.75 Å². The fourth-order valence-corrected chi connectivity index (χ4v) is 3.55. The monoisotopic (exact) mass is 306 g/mol. The third-order valence-corrected chi connectivity index (χ3v) is 5.14. The highest BCUT2D eigenvalue weighted by Crippen LogP contribution is 2.40. The van der Waals surface area contributed by atoms with Crippen LogP contribution in [0.15, 0.2) is 46.4 Å². The third kappa shape index (κ3) is 2.81. The van der Waals surface area contributed by atoms with Crippen LogP contribution in [0.3, 0.4) is 0 Å². The lowest BCUT2D eigenvalue weighted by atomic mass is 9.74. The fourth-order valence-electron chi connectivity index (χ4n) is 2.72. The van der Waals surface area contributed by atoms with E-state index in [0.29, 0.717) is 24.2 Å². The highest BCUT2D eigenvalue weighted by Gasteiger charge is 2.38. The first-order chi connectivity index (χ1) is 10.1. The highest BCUT2D eigenvalue weighted by molar-refractivity contribution is 7.89. The largest absolute Gasteiger partial charge is 0.494 e. The smallest absolute Gasteiger partial charge is 0.276 e. The van der Waals surface area contributed by atoms with Crippen LogP contribution in [0.2, 0.25) is 0 Å². The van der Waals surface area contributed by atoms with Crippen LogP contribution >= 0.6 is 0 Å². The van der Waals surface area contributed by atoms with Gasteiger partial charge in [-0.15, -0.1) is 0 Å². The lowest BCUT2D eigenvalue weighted by molar-refractivity contribution is 0.340. The summed E-state index contributed by atoms with van der Waals surface area (Å²) in [5.74, 6) is 1.60. The molecule has 0 heterocycles. The van der Waals surface area contributed by atoms with Gasteiger partial charge in [0.05, 0.1) is 11.5 Å². The van der Waals surface area contributed by atoms with E-state index in [0.717, 1.165) is 18.6 Å². The molecule has 0 spiro atoms. The Hall–Kier alpha value is -1.82. The maximum absolute atomic E-state index is 12.2. The van der Waals surface area contributed by atoms with Gasteiger partial charge in [-0.3, -0.25) is 0 Å². The van der Waals surface area contributed by atoms with E-state index < -0.39 is 10.0 Å². The summed E-state index contributed by atoms with van der Waals surface area (Å²) in [4.78, 5) is 2.52. The van der Waals surface area contributed by atoms with Gasteiger partial charge < -0.3 is 4.74 Å². The van der Waals surface area contributed by atoms with Crippen LogP contribution in [0.1, 0.15) is 19.8 Å². The van der Waals surface area contributed by atoms with Gasteiger partial charge in [-0.1, -0.05) is 12.2 Å². The van der Waals surface area contributed by atoms with E-state index in [2.05, 4.69) is 22.1 Å². The molecule has 1 aromatic carbocycles. The summed E-state index contributed by atoms with van der Waals surface area (Å²) in [5, 5.41) is 4.09. The number of nitrogens with zero attached hydrogens (tertiary/aromatic N) is 1. The van der Waals surface area contributed by atoms with Crippen molar-refractivity contribution in [3.05, 3.63) is 36.4 Å². The first kappa shape index (κ1) is 14.1. The van der Waals surface area contributed by atoms with E-state index in [1.165, 1.54) is 12.1 Å². The number of hydrogen-bond acceptors (Lipinski definition) is 4. The minimum atomic E-state index is -3.61. The van der Waals surface area contributed by atoms with Crippen molar-refractivity contribution >= 4 is 15.7 Å². The number of allylic oxidation sites excluding steroid dienone is 2. The quantitative estimate of drug-likeness (QED) is 0.670. The van der Waals surface area contributed by atoms with E-state index in [9.17, 15) is 8.42 Å². The van der Waals surface area contributed by atoms with Crippen LogP contribution < -0.4 is 9.57 Å². The molecule has 0 bridgehead atoms. The van der Waals surface area contributed by atoms with Crippen molar-refractivity contribution < 1.29 is 13.2 Å². The van der Waals surface area contributed by atoms with Crippen molar-refractivity contribution in [2.45, 2.75) is 24.7 Å². The number of nitrogens with one attached hydrogen (secondary N) is 1. The molecular weight excluding hydrogens is 288 g/mol. The molecule has 0 aliphatic heterocycles. The number of ether oxygens (including phenoxy) is 1. The van der Waals surface area contributed by atoms with Gasteiger partial charge in [-0.05, 0) is 49.9 Å². The first-order valence-corrected chi connectivity index (χ1v) is 8.56. The number of hydrogen-bond donors (Lipinski definition) is 1. The van der Waals surface area contributed by atoms with Crippen LogP contribution in [-0.4, -0.2) is 20.7 Å². The molecule has 1 N–H and O–H groups in total.